The van der Waals surface area contributed by atoms with Crippen LogP contribution < -0.4 is 0 Å². The third-order valence-electron chi connectivity index (χ3n) is 1.65. The first kappa shape index (κ1) is 7.28. The molecule has 2 atom stereocenters. The summed E-state index contributed by atoms with van der Waals surface area (Å²) in [5.41, 5.74) is 0. The van der Waals surface area contributed by atoms with Crippen molar-refractivity contribution in [1.82, 2.24) is 0 Å². The predicted octanol–water partition coefficient (Wildman–Crippen LogP) is 0.398. The van der Waals surface area contributed by atoms with Crippen LogP contribution in [0.15, 0.2) is 12.2 Å². The van der Waals surface area contributed by atoms with E-state index in [2.05, 4.69) is 0 Å². The number of aliphatic hydroxyl groups is 1. The van der Waals surface area contributed by atoms with Crippen molar-refractivity contribution in [2.45, 2.75) is 18.9 Å². The Morgan fingerprint density at radius 1 is 1.60 bits per heavy atom. The highest BCUT2D eigenvalue weighted by Gasteiger charge is 2.21. The lowest BCUT2D eigenvalue weighted by molar-refractivity contribution is -0.142. The predicted molar refractivity (Wildman–Crippen MR) is 35.5 cm³/mol. The minimum absolute atomic E-state index is 0.353. The van der Waals surface area contributed by atoms with Crippen LogP contribution >= 0.6 is 0 Å². The van der Waals surface area contributed by atoms with Crippen molar-refractivity contribution in [3.8, 4) is 0 Å². The molecule has 2 unspecified atom stereocenters. The average molecular weight is 148 g/mol. The fourth-order valence-electron chi connectivity index (χ4n) is 1.07. The third-order valence-corrected chi connectivity index (χ3v) is 1.65. The van der Waals surface area contributed by atoms with Crippen LogP contribution in [0, 0.1) is 5.92 Å². The Bertz CT molecular complexity index is 162. The summed E-state index contributed by atoms with van der Waals surface area (Å²) < 4.78 is 0. The van der Waals surface area contributed by atoms with E-state index in [9.17, 15) is 4.79 Å². The maximum atomic E-state index is 10.4. The van der Waals surface area contributed by atoms with Gasteiger partial charge >= 0.3 is 5.97 Å². The number of carboxylic acids is 1. The van der Waals surface area contributed by atoms with Crippen LogP contribution in [0.2, 0.25) is 0 Å². The smallest absolute Gasteiger partial charge is 0.306 e. The Morgan fingerprint density at radius 3 is 2.70 bits per heavy atom. The van der Waals surface area contributed by atoms with Gasteiger partial charge in [0.05, 0.1) is 12.0 Å². The molecule has 0 spiro atoms. The van der Waals surface area contributed by atoms with Gasteiger partial charge in [-0.05, 0) is 12.8 Å². The highest BCUT2D eigenvalue weighted by molar-refractivity contribution is 5.70. The minimum Gasteiger partial charge on any atom is -0.481 e. The van der Waals surface area contributed by atoms with Gasteiger partial charge in [-0.15, -0.1) is 0 Å². The van der Waals surface area contributed by atoms with Crippen molar-refractivity contribution in [3.63, 3.8) is 0 Å². The van der Waals surface area contributed by atoms with Crippen molar-refractivity contribution >= 4 is 5.97 Å². The summed E-state index contributed by atoms with van der Waals surface area (Å²) in [4.78, 5) is 10.4. The van der Waals surface area contributed by atoms with E-state index in [1.54, 1.807) is 12.2 Å². The molecule has 1 rings (SSSR count). The molecule has 0 aromatic rings. The highest BCUT2D eigenvalue weighted by Crippen LogP contribution is 2.18. The third kappa shape index (κ3) is 1.57. The molecule has 0 fully saturated rings. The van der Waals surface area contributed by atoms with Crippen molar-refractivity contribution < 1.29 is 15.0 Å². The summed E-state index contributed by atoms with van der Waals surface area (Å²) in [6, 6.07) is 0. The summed E-state index contributed by atoms with van der Waals surface area (Å²) in [6.07, 6.45) is 3.69. The summed E-state index contributed by atoms with van der Waals surface area (Å²) in [5, 5.41) is 17.5. The molecule has 3 heteroatoms. The molecule has 0 aromatic carbocycles. The van der Waals surface area contributed by atoms with Gasteiger partial charge in [0.2, 0.25) is 0 Å². The second-order valence-corrected chi connectivity index (χ2v) is 2.50. The molecule has 0 saturated heterocycles. The van der Waals surface area contributed by atoms with E-state index in [1.165, 1.54) is 0 Å². The Labute approximate surface area is 59.0 Å². The SMILES string of the molecule is O=C(O)[13CH]1[13CH2][13CH]=[13CH][13CH](O)[13CH2]1. The van der Waals surface area contributed by atoms with Gasteiger partial charge in [-0.1, -0.05) is 12.2 Å². The van der Waals surface area contributed by atoms with Crippen molar-refractivity contribution in [3.05, 3.63) is 12.2 Å². The average Bonchev–Trinajstić information content (AvgIpc) is 1.88. The highest BCUT2D eigenvalue weighted by atomic mass is 16.4. The van der Waals surface area contributed by atoms with Crippen LogP contribution in [0.4, 0.5) is 0 Å². The van der Waals surface area contributed by atoms with E-state index >= 15 is 0 Å². The van der Waals surface area contributed by atoms with E-state index in [4.69, 9.17) is 10.2 Å². The first-order chi connectivity index (χ1) is 4.70. The Hall–Kier alpha value is -0.830. The normalized spacial score (nSPS) is 32.1. The Balaban J connectivity index is 2.52. The van der Waals surface area contributed by atoms with E-state index in [0.717, 1.165) is 0 Å². The molecule has 0 amide bonds. The number of rotatable bonds is 1. The number of hydrogen-bond acceptors (Lipinski definition) is 2. The molecule has 3 nitrogen and oxygen atoms in total. The number of hydrogen-bond donors (Lipinski definition) is 2. The largest absolute Gasteiger partial charge is 0.481 e. The topological polar surface area (TPSA) is 57.5 Å². The van der Waals surface area contributed by atoms with Gasteiger partial charge in [0, 0.05) is 0 Å². The number of allylic oxidation sites excluding steroid dienone is 1. The summed E-state index contributed by atoms with van der Waals surface area (Å²) in [6.45, 7) is 0. The maximum absolute atomic E-state index is 10.4. The standard InChI is InChI=1S/C7H10O3/c8-6-3-1-2-5(4-6)7(9)10/h1,3,5-6,8H,2,4H2,(H,9,10)/i1+1,2+1,3+1,4+1,5+1,6+1. The van der Waals surface area contributed by atoms with E-state index in [-0.39, 0.29) is 5.92 Å². The molecule has 1 aliphatic carbocycles. The van der Waals surface area contributed by atoms with Gasteiger partial charge in [0.25, 0.3) is 0 Å². The first-order valence-electron chi connectivity index (χ1n) is 3.27. The monoisotopic (exact) mass is 148 g/mol. The molecule has 0 heterocycles. The number of aliphatic carboxylic acids is 1. The zero-order chi connectivity index (χ0) is 7.56. The molecule has 0 radical (unpaired) electrons. The van der Waals surface area contributed by atoms with Crippen LogP contribution in [0.25, 0.3) is 0 Å². The Kier molecular flexibility index (Phi) is 2.06. The van der Waals surface area contributed by atoms with Crippen LogP contribution in [0.1, 0.15) is 12.8 Å². The van der Waals surface area contributed by atoms with E-state index in [0.29, 0.717) is 12.8 Å². The fourth-order valence-corrected chi connectivity index (χ4v) is 1.07. The number of carboxylic acid groups (broad SMARTS) is 1. The van der Waals surface area contributed by atoms with E-state index < -0.39 is 12.1 Å². The molecular weight excluding hydrogens is 138 g/mol. The summed E-state index contributed by atoms with van der Waals surface area (Å²) >= 11 is 0. The van der Waals surface area contributed by atoms with Gasteiger partial charge in [0.15, 0.2) is 0 Å². The molecule has 0 aliphatic heterocycles. The van der Waals surface area contributed by atoms with Gasteiger partial charge < -0.3 is 10.2 Å². The first-order valence-corrected chi connectivity index (χ1v) is 3.27. The fraction of sp³-hybridized carbons (Fsp3) is 0.571. The number of aliphatic hydroxyl groups excluding tert-OH is 1. The molecule has 0 aromatic heterocycles. The van der Waals surface area contributed by atoms with Gasteiger partial charge in [-0.25, -0.2) is 0 Å². The molecule has 10 heavy (non-hydrogen) atoms. The molecule has 1 aliphatic rings. The summed E-state index contributed by atoms with van der Waals surface area (Å²) in [5.74, 6) is -1.21. The lowest BCUT2D eigenvalue weighted by atomic mass is 10.7. The second-order valence-electron chi connectivity index (χ2n) is 2.50. The van der Waals surface area contributed by atoms with Gasteiger partial charge in [-0.2, -0.15) is 0 Å². The van der Waals surface area contributed by atoms with Crippen molar-refractivity contribution in [2.75, 3.05) is 0 Å². The molecule has 56 valence electrons. The zero-order valence-corrected chi connectivity index (χ0v) is 5.53. The van der Waals surface area contributed by atoms with Crippen LogP contribution in [-0.4, -0.2) is 22.3 Å². The second kappa shape index (κ2) is 2.84. The summed E-state index contributed by atoms with van der Waals surface area (Å²) in [7, 11) is 0. The van der Waals surface area contributed by atoms with Crippen molar-refractivity contribution in [2.24, 2.45) is 5.92 Å². The van der Waals surface area contributed by atoms with Gasteiger partial charge in [0.1, 0.15) is 0 Å². The minimum atomic E-state index is -0.816. The molecule has 0 saturated carbocycles. The molecule has 2 N–H and O–H groups in total. The molecular formula is C7H10O3. The molecule has 0 bridgehead atoms. The maximum Gasteiger partial charge on any atom is 0.306 e. The zero-order valence-electron chi connectivity index (χ0n) is 5.53. The lowest BCUT2D eigenvalue weighted by Gasteiger charge is -2.16. The lowest BCUT2D eigenvalue weighted by Crippen LogP contribution is -2.21. The quantitative estimate of drug-likeness (QED) is 0.418. The van der Waals surface area contributed by atoms with Crippen LogP contribution in [-0.2, 0) is 4.79 Å². The van der Waals surface area contributed by atoms with Crippen LogP contribution in [0.3, 0.4) is 0 Å². The van der Waals surface area contributed by atoms with Crippen LogP contribution in [0.5, 0.6) is 0 Å². The van der Waals surface area contributed by atoms with E-state index in [1.807, 2.05) is 0 Å². The Morgan fingerprint density at radius 2 is 2.30 bits per heavy atom. The number of carbonyl (C=O) groups is 1. The van der Waals surface area contributed by atoms with Crippen molar-refractivity contribution in [1.29, 1.82) is 0 Å². The van der Waals surface area contributed by atoms with Gasteiger partial charge in [-0.3, -0.25) is 4.79 Å².